The minimum Gasteiger partial charge on any atom is -0.261 e. The predicted octanol–water partition coefficient (Wildman–Crippen LogP) is 3.11. The van der Waals surface area contributed by atoms with E-state index >= 15 is 0 Å². The normalized spacial score (nSPS) is 31.8. The van der Waals surface area contributed by atoms with E-state index in [2.05, 4.69) is 43.1 Å². The van der Waals surface area contributed by atoms with Gasteiger partial charge in [-0.15, -0.1) is 0 Å². The molecule has 0 aromatic rings. The Labute approximate surface area is 79.6 Å². The van der Waals surface area contributed by atoms with Crippen molar-refractivity contribution < 1.29 is 0 Å². The molecule has 0 saturated heterocycles. The number of rotatable bonds is 0. The van der Waals surface area contributed by atoms with Crippen molar-refractivity contribution in [2.24, 2.45) is 16.8 Å². The molecular formula is C12H15N. The van der Waals surface area contributed by atoms with Crippen LogP contribution in [0.2, 0.25) is 0 Å². The molecule has 0 bridgehead atoms. The summed E-state index contributed by atoms with van der Waals surface area (Å²) in [5.41, 5.74) is 2.54. The molecule has 0 aromatic heterocycles. The Balaban J connectivity index is 2.32. The number of hydrogen-bond acceptors (Lipinski definition) is 1. The van der Waals surface area contributed by atoms with Crippen LogP contribution in [0.1, 0.15) is 20.3 Å². The Morgan fingerprint density at radius 1 is 1.23 bits per heavy atom. The highest BCUT2D eigenvalue weighted by atomic mass is 14.7. The van der Waals surface area contributed by atoms with Crippen LogP contribution in [-0.2, 0) is 0 Å². The second kappa shape index (κ2) is 3.33. The molecule has 1 unspecified atom stereocenters. The molecule has 0 saturated carbocycles. The van der Waals surface area contributed by atoms with E-state index in [1.165, 1.54) is 5.57 Å². The molecule has 68 valence electrons. The largest absolute Gasteiger partial charge is 0.261 e. The molecule has 0 amide bonds. The first-order valence-corrected chi connectivity index (χ1v) is 4.89. The summed E-state index contributed by atoms with van der Waals surface area (Å²) in [5.74, 6) is 1.13. The van der Waals surface area contributed by atoms with Gasteiger partial charge in [0.15, 0.2) is 0 Å². The van der Waals surface area contributed by atoms with Crippen molar-refractivity contribution >= 4 is 6.21 Å². The third-order valence-electron chi connectivity index (χ3n) is 2.50. The molecule has 0 aromatic carbocycles. The second-order valence-corrected chi connectivity index (χ2v) is 3.95. The van der Waals surface area contributed by atoms with E-state index in [-0.39, 0.29) is 0 Å². The van der Waals surface area contributed by atoms with Crippen LogP contribution < -0.4 is 0 Å². The fourth-order valence-electron chi connectivity index (χ4n) is 1.67. The highest BCUT2D eigenvalue weighted by Crippen LogP contribution is 2.25. The van der Waals surface area contributed by atoms with Crippen molar-refractivity contribution in [1.29, 1.82) is 0 Å². The first-order valence-electron chi connectivity index (χ1n) is 4.89. The van der Waals surface area contributed by atoms with Gasteiger partial charge in [-0.25, -0.2) is 0 Å². The maximum Gasteiger partial charge on any atom is 0.0654 e. The van der Waals surface area contributed by atoms with E-state index in [0.29, 0.717) is 11.8 Å². The molecule has 0 fully saturated rings. The summed E-state index contributed by atoms with van der Waals surface area (Å²) >= 11 is 0. The van der Waals surface area contributed by atoms with Crippen LogP contribution in [0, 0.1) is 11.8 Å². The van der Waals surface area contributed by atoms with E-state index in [9.17, 15) is 0 Å². The van der Waals surface area contributed by atoms with Crippen molar-refractivity contribution in [2.75, 3.05) is 0 Å². The fourth-order valence-corrected chi connectivity index (χ4v) is 1.67. The summed E-state index contributed by atoms with van der Waals surface area (Å²) in [6.07, 6.45) is 12.0. The van der Waals surface area contributed by atoms with Gasteiger partial charge in [0.05, 0.1) is 5.70 Å². The molecule has 1 heterocycles. The van der Waals surface area contributed by atoms with Crippen molar-refractivity contribution in [1.82, 2.24) is 0 Å². The molecule has 2 atom stereocenters. The molecule has 2 rings (SSSR count). The Morgan fingerprint density at radius 3 is 2.85 bits per heavy atom. The highest BCUT2D eigenvalue weighted by molar-refractivity contribution is 5.66. The topological polar surface area (TPSA) is 12.4 Å². The first-order chi connectivity index (χ1) is 6.25. The van der Waals surface area contributed by atoms with Crippen molar-refractivity contribution in [3.8, 4) is 0 Å². The average Bonchev–Trinajstić information content (AvgIpc) is 2.29. The Kier molecular flexibility index (Phi) is 2.17. The summed E-state index contributed by atoms with van der Waals surface area (Å²) < 4.78 is 0. The molecule has 1 nitrogen and oxygen atoms in total. The lowest BCUT2D eigenvalue weighted by Crippen LogP contribution is -2.04. The van der Waals surface area contributed by atoms with Crippen LogP contribution >= 0.6 is 0 Å². The average molecular weight is 173 g/mol. The standard InChI is InChI=1S/C12H15N/c1-9-3-5-11-7-10(2)8-13-12(11)6-4-9/h3-6,8-10H,7H2,1-2H3/t9-,10?/m1/s1. The van der Waals surface area contributed by atoms with Crippen molar-refractivity contribution in [2.45, 2.75) is 20.3 Å². The van der Waals surface area contributed by atoms with Gasteiger partial charge in [0.2, 0.25) is 0 Å². The molecule has 2 aliphatic rings. The quantitative estimate of drug-likeness (QED) is 0.533. The van der Waals surface area contributed by atoms with Gasteiger partial charge in [-0.05, 0) is 29.9 Å². The van der Waals surface area contributed by atoms with Gasteiger partial charge in [0.1, 0.15) is 0 Å². The molecule has 0 radical (unpaired) electrons. The van der Waals surface area contributed by atoms with E-state index < -0.39 is 0 Å². The lowest BCUT2D eigenvalue weighted by Gasteiger charge is -2.13. The van der Waals surface area contributed by atoms with E-state index in [1.807, 2.05) is 6.21 Å². The Bertz CT molecular complexity index is 318. The number of aliphatic imine (C=N–C) groups is 1. The van der Waals surface area contributed by atoms with Crippen LogP contribution in [0.5, 0.6) is 0 Å². The van der Waals surface area contributed by atoms with E-state index in [1.54, 1.807) is 0 Å². The lowest BCUT2D eigenvalue weighted by atomic mass is 9.98. The molecular weight excluding hydrogens is 158 g/mol. The summed E-state index contributed by atoms with van der Waals surface area (Å²) in [7, 11) is 0. The lowest BCUT2D eigenvalue weighted by molar-refractivity contribution is 0.765. The van der Waals surface area contributed by atoms with Crippen LogP contribution in [0.3, 0.4) is 0 Å². The second-order valence-electron chi connectivity index (χ2n) is 3.95. The number of hydrogen-bond donors (Lipinski definition) is 0. The molecule has 1 aliphatic carbocycles. The third kappa shape index (κ3) is 1.80. The van der Waals surface area contributed by atoms with Crippen LogP contribution in [0.25, 0.3) is 0 Å². The minimum atomic E-state index is 0.538. The Hall–Kier alpha value is -1.11. The van der Waals surface area contributed by atoms with Crippen molar-refractivity contribution in [3.05, 3.63) is 35.6 Å². The zero-order valence-corrected chi connectivity index (χ0v) is 8.20. The summed E-state index contributed by atoms with van der Waals surface area (Å²) in [5, 5.41) is 0. The van der Waals surface area contributed by atoms with Gasteiger partial charge in [0.25, 0.3) is 0 Å². The maximum absolute atomic E-state index is 4.44. The van der Waals surface area contributed by atoms with Gasteiger partial charge >= 0.3 is 0 Å². The van der Waals surface area contributed by atoms with Gasteiger partial charge < -0.3 is 0 Å². The highest BCUT2D eigenvalue weighted by Gasteiger charge is 2.12. The SMILES string of the molecule is CC1C=NC2=C(C=C[C@@H](C)C=C2)C1. The summed E-state index contributed by atoms with van der Waals surface area (Å²) in [6, 6.07) is 0. The van der Waals surface area contributed by atoms with Crippen LogP contribution in [-0.4, -0.2) is 6.21 Å². The molecule has 1 aliphatic heterocycles. The first kappa shape index (κ1) is 8.49. The van der Waals surface area contributed by atoms with E-state index in [4.69, 9.17) is 0 Å². The molecule has 13 heavy (non-hydrogen) atoms. The summed E-state index contributed by atoms with van der Waals surface area (Å²) in [4.78, 5) is 4.44. The van der Waals surface area contributed by atoms with Gasteiger partial charge in [-0.2, -0.15) is 0 Å². The fraction of sp³-hybridized carbons (Fsp3) is 0.417. The predicted molar refractivity (Wildman–Crippen MR) is 56.7 cm³/mol. The maximum atomic E-state index is 4.44. The van der Waals surface area contributed by atoms with Gasteiger partial charge in [0, 0.05) is 6.21 Å². The summed E-state index contributed by atoms with van der Waals surface area (Å²) in [6.45, 7) is 4.40. The third-order valence-corrected chi connectivity index (χ3v) is 2.50. The number of allylic oxidation sites excluding steroid dienone is 5. The minimum absolute atomic E-state index is 0.538. The molecule has 0 spiro atoms. The smallest absolute Gasteiger partial charge is 0.0654 e. The molecule has 0 N–H and O–H groups in total. The Morgan fingerprint density at radius 2 is 2.00 bits per heavy atom. The molecule has 1 heteroatoms. The van der Waals surface area contributed by atoms with Crippen LogP contribution in [0.15, 0.2) is 40.6 Å². The zero-order chi connectivity index (χ0) is 9.26. The monoisotopic (exact) mass is 173 g/mol. The van der Waals surface area contributed by atoms with Gasteiger partial charge in [-0.1, -0.05) is 32.1 Å². The van der Waals surface area contributed by atoms with E-state index in [0.717, 1.165) is 12.1 Å². The zero-order valence-electron chi connectivity index (χ0n) is 8.20. The van der Waals surface area contributed by atoms with Gasteiger partial charge in [-0.3, -0.25) is 4.99 Å². The van der Waals surface area contributed by atoms with Crippen molar-refractivity contribution in [3.63, 3.8) is 0 Å². The number of nitrogens with zero attached hydrogens (tertiary/aromatic N) is 1. The van der Waals surface area contributed by atoms with Crippen LogP contribution in [0.4, 0.5) is 0 Å².